The van der Waals surface area contributed by atoms with Crippen molar-refractivity contribution in [2.24, 2.45) is 5.92 Å². The molecule has 4 aromatic rings. The highest BCUT2D eigenvalue weighted by molar-refractivity contribution is 7.98. The van der Waals surface area contributed by atoms with Gasteiger partial charge in [-0.25, -0.2) is 9.97 Å². The zero-order chi connectivity index (χ0) is 27.4. The number of nitriles is 2. The number of pyridine rings is 1. The molecular formula is C30H26ClN5OS2. The Balaban J connectivity index is 1.39. The highest BCUT2D eigenvalue weighted by atomic mass is 35.5. The monoisotopic (exact) mass is 571 g/mol. The number of aliphatic hydroxyl groups is 1. The number of nitrogen functional groups attached to an aromatic ring is 1. The van der Waals surface area contributed by atoms with Crippen LogP contribution >= 0.6 is 34.7 Å². The van der Waals surface area contributed by atoms with E-state index in [-0.39, 0.29) is 23.4 Å². The van der Waals surface area contributed by atoms with Gasteiger partial charge in [-0.1, -0.05) is 72.6 Å². The smallest absolute Gasteiger partial charge is 0.143 e. The van der Waals surface area contributed by atoms with E-state index in [4.69, 9.17) is 22.3 Å². The van der Waals surface area contributed by atoms with Crippen LogP contribution in [0.1, 0.15) is 48.1 Å². The van der Waals surface area contributed by atoms with Crippen molar-refractivity contribution in [3.8, 4) is 33.8 Å². The molecule has 1 fully saturated rings. The summed E-state index contributed by atoms with van der Waals surface area (Å²) in [6, 6.07) is 19.8. The van der Waals surface area contributed by atoms with Gasteiger partial charge in [-0.2, -0.15) is 10.5 Å². The molecule has 2 heterocycles. The molecule has 5 rings (SSSR count). The minimum absolute atomic E-state index is 0.100. The molecule has 1 aliphatic rings. The Morgan fingerprint density at radius 2 is 1.67 bits per heavy atom. The molecule has 0 amide bonds. The van der Waals surface area contributed by atoms with Gasteiger partial charge in [-0.05, 0) is 48.4 Å². The Kier molecular flexibility index (Phi) is 8.50. The van der Waals surface area contributed by atoms with Crippen molar-refractivity contribution in [1.29, 1.82) is 10.5 Å². The fraction of sp³-hybridized carbons (Fsp3) is 0.267. The number of aromatic nitrogens is 2. The predicted molar refractivity (Wildman–Crippen MR) is 157 cm³/mol. The zero-order valence-electron chi connectivity index (χ0n) is 21.1. The van der Waals surface area contributed by atoms with Gasteiger partial charge in [0.25, 0.3) is 0 Å². The Labute approximate surface area is 241 Å². The van der Waals surface area contributed by atoms with Crippen molar-refractivity contribution in [2.45, 2.75) is 49.0 Å². The number of thiazole rings is 1. The lowest BCUT2D eigenvalue weighted by Gasteiger charge is -2.27. The number of aliphatic hydroxyl groups excluding tert-OH is 1. The van der Waals surface area contributed by atoms with Crippen molar-refractivity contribution in [2.75, 3.05) is 5.73 Å². The summed E-state index contributed by atoms with van der Waals surface area (Å²) in [5.74, 6) is 0.863. The molecule has 2 atom stereocenters. The Bertz CT molecular complexity index is 1550. The van der Waals surface area contributed by atoms with Gasteiger partial charge in [0.1, 0.15) is 33.6 Å². The van der Waals surface area contributed by atoms with Crippen molar-refractivity contribution in [1.82, 2.24) is 9.97 Å². The first-order valence-corrected chi connectivity index (χ1v) is 14.9. The van der Waals surface area contributed by atoms with E-state index in [9.17, 15) is 15.6 Å². The van der Waals surface area contributed by atoms with Gasteiger partial charge in [0.15, 0.2) is 0 Å². The van der Waals surface area contributed by atoms with Crippen molar-refractivity contribution < 1.29 is 5.11 Å². The average Bonchev–Trinajstić information content (AvgIpc) is 3.42. The van der Waals surface area contributed by atoms with E-state index in [1.165, 1.54) is 11.8 Å². The second-order valence-corrected chi connectivity index (χ2v) is 11.9. The predicted octanol–water partition coefficient (Wildman–Crippen LogP) is 7.24. The second kappa shape index (κ2) is 12.2. The number of thioether (sulfide) groups is 1. The molecular weight excluding hydrogens is 546 g/mol. The lowest BCUT2D eigenvalue weighted by Crippen LogP contribution is -2.26. The summed E-state index contributed by atoms with van der Waals surface area (Å²) in [7, 11) is 0. The topological polar surface area (TPSA) is 120 Å². The first-order valence-electron chi connectivity index (χ1n) is 12.7. The van der Waals surface area contributed by atoms with E-state index < -0.39 is 0 Å². The molecule has 0 unspecified atom stereocenters. The largest absolute Gasteiger partial charge is 0.393 e. The van der Waals surface area contributed by atoms with Crippen molar-refractivity contribution in [3.63, 3.8) is 0 Å². The normalized spacial score (nSPS) is 16.9. The number of halogens is 1. The van der Waals surface area contributed by atoms with E-state index in [1.54, 1.807) is 11.3 Å². The van der Waals surface area contributed by atoms with Gasteiger partial charge in [0, 0.05) is 27.3 Å². The van der Waals surface area contributed by atoms with Crippen LogP contribution < -0.4 is 5.73 Å². The summed E-state index contributed by atoms with van der Waals surface area (Å²) in [5, 5.41) is 34.4. The molecule has 0 bridgehead atoms. The molecule has 3 N–H and O–H groups in total. The molecule has 1 aliphatic carbocycles. The summed E-state index contributed by atoms with van der Waals surface area (Å²) < 4.78 is 0. The van der Waals surface area contributed by atoms with Gasteiger partial charge in [0.2, 0.25) is 0 Å². The third-order valence-corrected chi connectivity index (χ3v) is 9.23. The van der Waals surface area contributed by atoms with E-state index >= 15 is 0 Å². The maximum atomic E-state index is 10.4. The minimum Gasteiger partial charge on any atom is -0.393 e. The number of hydrogen-bond acceptors (Lipinski definition) is 8. The third-order valence-electron chi connectivity index (χ3n) is 7.02. The average molecular weight is 572 g/mol. The minimum atomic E-state index is -0.256. The SMILES string of the molecule is N#Cc1c(N)nc(SCc2csc(-c3ccc(Cl)cc3)n2)c(C#N)c1-c1ccc(C[C@H]2CCCC[C@@H]2O)cc1. The number of nitrogens with zero attached hydrogens (tertiary/aromatic N) is 4. The molecule has 0 spiro atoms. The quantitative estimate of drug-likeness (QED) is 0.224. The highest BCUT2D eigenvalue weighted by Gasteiger charge is 2.24. The standard InChI is InChI=1S/C30H26ClN5OS2/c31-22-11-9-20(10-12-22)29-35-23(16-38-29)17-39-30-25(15-33)27(24(14-32)28(34)36-30)19-7-5-18(6-8-19)13-21-3-1-2-4-26(21)37/h5-12,16,21,26,37H,1-4,13,17H2,(H2,34,36)/t21-,26+/m1/s1. The van der Waals surface area contributed by atoms with Crippen LogP contribution in [0.2, 0.25) is 5.02 Å². The zero-order valence-corrected chi connectivity index (χ0v) is 23.5. The molecule has 196 valence electrons. The van der Waals surface area contributed by atoms with Gasteiger partial charge in [-0.15, -0.1) is 11.3 Å². The first kappa shape index (κ1) is 27.2. The lowest BCUT2D eigenvalue weighted by atomic mass is 9.82. The van der Waals surface area contributed by atoms with Gasteiger partial charge in [-0.3, -0.25) is 0 Å². The van der Waals surface area contributed by atoms with Crippen molar-refractivity contribution >= 4 is 40.5 Å². The third kappa shape index (κ3) is 6.11. The van der Waals surface area contributed by atoms with Gasteiger partial charge < -0.3 is 10.8 Å². The van der Waals surface area contributed by atoms with Crippen LogP contribution in [0.3, 0.4) is 0 Å². The van der Waals surface area contributed by atoms with E-state index in [0.29, 0.717) is 26.9 Å². The van der Waals surface area contributed by atoms with Crippen molar-refractivity contribution in [3.05, 3.63) is 81.3 Å². The van der Waals surface area contributed by atoms with Crippen LogP contribution in [0.5, 0.6) is 0 Å². The fourth-order valence-electron chi connectivity index (χ4n) is 4.97. The molecule has 2 aromatic heterocycles. The highest BCUT2D eigenvalue weighted by Crippen LogP contribution is 2.37. The van der Waals surface area contributed by atoms with Crippen LogP contribution in [0.25, 0.3) is 21.7 Å². The molecule has 0 aliphatic heterocycles. The summed E-state index contributed by atoms with van der Waals surface area (Å²) in [6.45, 7) is 0. The fourth-order valence-corrected chi connectivity index (χ4v) is 6.91. The van der Waals surface area contributed by atoms with Crippen LogP contribution in [0.4, 0.5) is 5.82 Å². The molecule has 6 nitrogen and oxygen atoms in total. The Morgan fingerprint density at radius 1 is 0.974 bits per heavy atom. The van der Waals surface area contributed by atoms with Crippen LogP contribution in [-0.4, -0.2) is 21.2 Å². The van der Waals surface area contributed by atoms with E-state index in [1.807, 2.05) is 53.9 Å². The number of hydrogen-bond donors (Lipinski definition) is 2. The summed E-state index contributed by atoms with van der Waals surface area (Å²) >= 11 is 8.92. The Hall–Kier alpha value is -3.40. The number of rotatable bonds is 7. The van der Waals surface area contributed by atoms with Crippen LogP contribution in [0, 0.1) is 28.6 Å². The molecule has 1 saturated carbocycles. The van der Waals surface area contributed by atoms with E-state index in [0.717, 1.165) is 59.5 Å². The summed E-state index contributed by atoms with van der Waals surface area (Å²) in [5.41, 5.74) is 11.0. The molecule has 0 saturated heterocycles. The molecule has 0 radical (unpaired) electrons. The molecule has 9 heteroatoms. The second-order valence-electron chi connectivity index (χ2n) is 9.60. The number of anilines is 1. The summed E-state index contributed by atoms with van der Waals surface area (Å²) in [6.07, 6.45) is 4.68. The maximum absolute atomic E-state index is 10.4. The molecule has 39 heavy (non-hydrogen) atoms. The van der Waals surface area contributed by atoms with Gasteiger partial charge >= 0.3 is 0 Å². The van der Waals surface area contributed by atoms with E-state index in [2.05, 4.69) is 17.1 Å². The maximum Gasteiger partial charge on any atom is 0.143 e. The van der Waals surface area contributed by atoms with Crippen LogP contribution in [0.15, 0.2) is 58.9 Å². The number of benzene rings is 2. The van der Waals surface area contributed by atoms with Gasteiger partial charge in [0.05, 0.1) is 17.4 Å². The Morgan fingerprint density at radius 3 is 2.36 bits per heavy atom. The number of nitrogens with two attached hydrogens (primary N) is 1. The lowest BCUT2D eigenvalue weighted by molar-refractivity contribution is 0.0700. The van der Waals surface area contributed by atoms with Crippen LogP contribution in [-0.2, 0) is 12.2 Å². The molecule has 2 aromatic carbocycles. The first-order chi connectivity index (χ1) is 19.0. The summed E-state index contributed by atoms with van der Waals surface area (Å²) in [4.78, 5) is 9.15.